The number of carbonyl (C=O) groups is 1. The van der Waals surface area contributed by atoms with Gasteiger partial charge in [0.25, 0.3) is 5.91 Å². The topological polar surface area (TPSA) is 47.6 Å². The highest BCUT2D eigenvalue weighted by Gasteiger charge is 2.12. The number of anilines is 1. The molecule has 4 nitrogen and oxygen atoms in total. The van der Waals surface area contributed by atoms with Crippen molar-refractivity contribution in [2.75, 3.05) is 19.0 Å². The van der Waals surface area contributed by atoms with Crippen LogP contribution in [0.15, 0.2) is 36.4 Å². The summed E-state index contributed by atoms with van der Waals surface area (Å²) in [5.41, 5.74) is 2.00. The molecule has 2 aromatic rings. The second kappa shape index (κ2) is 7.18. The van der Waals surface area contributed by atoms with Crippen LogP contribution in [0.2, 0.25) is 5.02 Å². The Morgan fingerprint density at radius 1 is 1.23 bits per heavy atom. The average molecular weight is 320 g/mol. The number of methoxy groups -OCH3 is 1. The maximum atomic E-state index is 12.4. The number of rotatable bonds is 5. The summed E-state index contributed by atoms with van der Waals surface area (Å²) in [5.74, 6) is 0.907. The largest absolute Gasteiger partial charge is 0.493 e. The highest BCUT2D eigenvalue weighted by molar-refractivity contribution is 6.31. The number of ether oxygens (including phenoxy) is 2. The van der Waals surface area contributed by atoms with E-state index in [-0.39, 0.29) is 5.91 Å². The summed E-state index contributed by atoms with van der Waals surface area (Å²) in [6.45, 7) is 4.28. The lowest BCUT2D eigenvalue weighted by molar-refractivity contribution is 0.102. The molecule has 0 heterocycles. The first-order chi connectivity index (χ1) is 10.6. The molecule has 0 spiro atoms. The van der Waals surface area contributed by atoms with Gasteiger partial charge in [-0.2, -0.15) is 0 Å². The summed E-state index contributed by atoms with van der Waals surface area (Å²) in [6, 6.07) is 10.5. The lowest BCUT2D eigenvalue weighted by Crippen LogP contribution is -2.13. The molecule has 5 heteroatoms. The van der Waals surface area contributed by atoms with Crippen LogP contribution in [0.5, 0.6) is 11.5 Å². The third-order valence-corrected chi connectivity index (χ3v) is 3.65. The molecule has 0 aliphatic carbocycles. The molecule has 0 aliphatic rings. The van der Waals surface area contributed by atoms with E-state index in [1.165, 1.54) is 0 Å². The van der Waals surface area contributed by atoms with Crippen molar-refractivity contribution in [2.45, 2.75) is 13.8 Å². The van der Waals surface area contributed by atoms with Crippen LogP contribution in [0.25, 0.3) is 0 Å². The minimum absolute atomic E-state index is 0.230. The predicted octanol–water partition coefficient (Wildman–Crippen LogP) is 4.31. The fourth-order valence-electron chi connectivity index (χ4n) is 2.02. The number of nitrogens with one attached hydrogen (secondary N) is 1. The van der Waals surface area contributed by atoms with Crippen LogP contribution in [0, 0.1) is 6.92 Å². The van der Waals surface area contributed by atoms with Gasteiger partial charge in [-0.05, 0) is 49.7 Å². The average Bonchev–Trinajstić information content (AvgIpc) is 2.52. The van der Waals surface area contributed by atoms with E-state index in [1.54, 1.807) is 37.4 Å². The Labute approximate surface area is 135 Å². The van der Waals surface area contributed by atoms with E-state index in [0.29, 0.717) is 34.4 Å². The van der Waals surface area contributed by atoms with Crippen molar-refractivity contribution in [2.24, 2.45) is 0 Å². The van der Waals surface area contributed by atoms with Gasteiger partial charge in [-0.15, -0.1) is 0 Å². The molecule has 22 heavy (non-hydrogen) atoms. The van der Waals surface area contributed by atoms with Crippen LogP contribution >= 0.6 is 11.6 Å². The van der Waals surface area contributed by atoms with Crippen molar-refractivity contribution in [1.29, 1.82) is 0 Å². The fourth-order valence-corrected chi connectivity index (χ4v) is 2.20. The molecule has 0 atom stereocenters. The van der Waals surface area contributed by atoms with E-state index in [1.807, 2.05) is 19.9 Å². The van der Waals surface area contributed by atoms with Gasteiger partial charge in [0.15, 0.2) is 11.5 Å². The van der Waals surface area contributed by atoms with Crippen molar-refractivity contribution >= 4 is 23.2 Å². The third kappa shape index (κ3) is 3.52. The van der Waals surface area contributed by atoms with Gasteiger partial charge >= 0.3 is 0 Å². The summed E-state index contributed by atoms with van der Waals surface area (Å²) < 4.78 is 10.7. The van der Waals surface area contributed by atoms with Crippen LogP contribution < -0.4 is 14.8 Å². The van der Waals surface area contributed by atoms with Crippen molar-refractivity contribution in [3.05, 3.63) is 52.5 Å². The van der Waals surface area contributed by atoms with Crippen molar-refractivity contribution in [1.82, 2.24) is 0 Å². The molecule has 1 amide bonds. The molecule has 0 radical (unpaired) electrons. The highest BCUT2D eigenvalue weighted by atomic mass is 35.5. The third-order valence-electron chi connectivity index (χ3n) is 3.24. The summed E-state index contributed by atoms with van der Waals surface area (Å²) >= 11 is 6.06. The number of amides is 1. The summed E-state index contributed by atoms with van der Waals surface area (Å²) in [6.07, 6.45) is 0. The molecule has 0 saturated carbocycles. The molecule has 0 fully saturated rings. The van der Waals surface area contributed by atoms with Gasteiger partial charge in [-0.3, -0.25) is 4.79 Å². The number of hydrogen-bond donors (Lipinski definition) is 1. The van der Waals surface area contributed by atoms with E-state index in [9.17, 15) is 4.79 Å². The molecule has 0 aliphatic heterocycles. The summed E-state index contributed by atoms with van der Waals surface area (Å²) in [4.78, 5) is 12.4. The second-order valence-corrected chi connectivity index (χ2v) is 5.07. The van der Waals surface area contributed by atoms with E-state index in [2.05, 4.69) is 5.32 Å². The molecule has 0 unspecified atom stereocenters. The van der Waals surface area contributed by atoms with Gasteiger partial charge in [0, 0.05) is 16.3 Å². The lowest BCUT2D eigenvalue weighted by Gasteiger charge is -2.12. The summed E-state index contributed by atoms with van der Waals surface area (Å²) in [5, 5.41) is 3.46. The van der Waals surface area contributed by atoms with Gasteiger partial charge in [0.05, 0.1) is 13.7 Å². The van der Waals surface area contributed by atoms with Crippen LogP contribution in [-0.2, 0) is 0 Å². The van der Waals surface area contributed by atoms with Crippen LogP contribution in [0.3, 0.4) is 0 Å². The molecule has 0 aromatic heterocycles. The molecule has 0 bridgehead atoms. The number of halogens is 1. The van der Waals surface area contributed by atoms with Crippen LogP contribution in [0.1, 0.15) is 22.8 Å². The number of hydrogen-bond acceptors (Lipinski definition) is 3. The molecule has 116 valence electrons. The molecule has 0 saturated heterocycles. The van der Waals surface area contributed by atoms with E-state index < -0.39 is 0 Å². The van der Waals surface area contributed by atoms with Gasteiger partial charge in [0.1, 0.15) is 0 Å². The van der Waals surface area contributed by atoms with Gasteiger partial charge < -0.3 is 14.8 Å². The molecule has 2 rings (SSSR count). The predicted molar refractivity (Wildman–Crippen MR) is 88.3 cm³/mol. The van der Waals surface area contributed by atoms with Gasteiger partial charge in [-0.25, -0.2) is 0 Å². The fraction of sp³-hybridized carbons (Fsp3) is 0.235. The maximum Gasteiger partial charge on any atom is 0.255 e. The number of benzene rings is 2. The van der Waals surface area contributed by atoms with Crippen LogP contribution in [0.4, 0.5) is 5.69 Å². The molecule has 1 N–H and O–H groups in total. The monoisotopic (exact) mass is 319 g/mol. The zero-order chi connectivity index (χ0) is 16.1. The Balaban J connectivity index is 2.24. The normalized spacial score (nSPS) is 10.2. The first-order valence-corrected chi connectivity index (χ1v) is 7.32. The SMILES string of the molecule is CCOc1ccc(C(=O)Nc2cccc(Cl)c2C)cc1OC. The van der Waals surface area contributed by atoms with Gasteiger partial charge in [-0.1, -0.05) is 17.7 Å². The number of carbonyl (C=O) groups excluding carboxylic acids is 1. The van der Waals surface area contributed by atoms with E-state index in [0.717, 1.165) is 5.56 Å². The van der Waals surface area contributed by atoms with E-state index in [4.69, 9.17) is 21.1 Å². The molecular formula is C17H18ClNO3. The lowest BCUT2D eigenvalue weighted by atomic mass is 10.1. The van der Waals surface area contributed by atoms with Crippen molar-refractivity contribution < 1.29 is 14.3 Å². The zero-order valence-electron chi connectivity index (χ0n) is 12.8. The van der Waals surface area contributed by atoms with Crippen molar-refractivity contribution in [3.8, 4) is 11.5 Å². The van der Waals surface area contributed by atoms with Gasteiger partial charge in [0.2, 0.25) is 0 Å². The van der Waals surface area contributed by atoms with E-state index >= 15 is 0 Å². The zero-order valence-corrected chi connectivity index (χ0v) is 13.5. The first-order valence-electron chi connectivity index (χ1n) is 6.94. The Morgan fingerprint density at radius 3 is 2.68 bits per heavy atom. The maximum absolute atomic E-state index is 12.4. The Hall–Kier alpha value is -2.20. The standard InChI is InChI=1S/C17H18ClNO3/c1-4-22-15-9-8-12(10-16(15)21-3)17(20)19-14-7-5-6-13(18)11(14)2/h5-10H,4H2,1-3H3,(H,19,20). The Morgan fingerprint density at radius 2 is 2.00 bits per heavy atom. The molecular weight excluding hydrogens is 302 g/mol. The molecule has 2 aromatic carbocycles. The quantitative estimate of drug-likeness (QED) is 0.893. The minimum Gasteiger partial charge on any atom is -0.493 e. The highest BCUT2D eigenvalue weighted by Crippen LogP contribution is 2.29. The van der Waals surface area contributed by atoms with Crippen molar-refractivity contribution in [3.63, 3.8) is 0 Å². The smallest absolute Gasteiger partial charge is 0.255 e. The first kappa shape index (κ1) is 16.2. The Kier molecular flexibility index (Phi) is 5.28. The minimum atomic E-state index is -0.230. The van der Waals surface area contributed by atoms with Crippen LogP contribution in [-0.4, -0.2) is 19.6 Å². The second-order valence-electron chi connectivity index (χ2n) is 4.67. The summed E-state index contributed by atoms with van der Waals surface area (Å²) in [7, 11) is 1.54. The Bertz CT molecular complexity index is 686.